The van der Waals surface area contributed by atoms with Gasteiger partial charge in [0.15, 0.2) is 11.5 Å². The van der Waals surface area contributed by atoms with Gasteiger partial charge in [-0.05, 0) is 18.9 Å². The van der Waals surface area contributed by atoms with E-state index in [4.69, 9.17) is 16.1 Å². The Kier molecular flexibility index (Phi) is 5.61. The van der Waals surface area contributed by atoms with Crippen LogP contribution >= 0.6 is 11.6 Å². The van der Waals surface area contributed by atoms with Crippen LogP contribution in [0.25, 0.3) is 11.5 Å². The summed E-state index contributed by atoms with van der Waals surface area (Å²) in [5, 5.41) is 13.9. The first-order chi connectivity index (χ1) is 12.5. The number of amides is 2. The van der Waals surface area contributed by atoms with Crippen molar-refractivity contribution in [3.8, 4) is 11.5 Å². The maximum Gasteiger partial charge on any atom is 0.273 e. The van der Waals surface area contributed by atoms with Gasteiger partial charge in [0, 0.05) is 25.9 Å². The normalized spacial score (nSPS) is 16.2. The Morgan fingerprint density at radius 3 is 2.77 bits per heavy atom. The Bertz CT molecular complexity index is 779. The summed E-state index contributed by atoms with van der Waals surface area (Å²) in [6, 6.07) is 3.36. The van der Waals surface area contributed by atoms with Crippen molar-refractivity contribution in [1.29, 1.82) is 0 Å². The van der Waals surface area contributed by atoms with Crippen LogP contribution in [0, 0.1) is 0 Å². The van der Waals surface area contributed by atoms with Crippen molar-refractivity contribution in [3.05, 3.63) is 24.0 Å². The Balaban J connectivity index is 1.71. The van der Waals surface area contributed by atoms with Gasteiger partial charge in [0.25, 0.3) is 5.91 Å². The average Bonchev–Trinajstić information content (AvgIpc) is 3.29. The first-order valence-corrected chi connectivity index (χ1v) is 9.17. The van der Waals surface area contributed by atoms with Gasteiger partial charge in [-0.25, -0.2) is 0 Å². The van der Waals surface area contributed by atoms with Gasteiger partial charge in [-0.15, -0.1) is 11.6 Å². The predicted molar refractivity (Wildman–Crippen MR) is 95.7 cm³/mol. The van der Waals surface area contributed by atoms with Crippen molar-refractivity contribution in [1.82, 2.24) is 25.6 Å². The molecule has 1 saturated carbocycles. The van der Waals surface area contributed by atoms with Crippen molar-refractivity contribution in [2.24, 2.45) is 7.05 Å². The van der Waals surface area contributed by atoms with Gasteiger partial charge in [-0.3, -0.25) is 14.3 Å². The third kappa shape index (κ3) is 4.24. The molecule has 0 saturated heterocycles. The van der Waals surface area contributed by atoms with Crippen molar-refractivity contribution in [2.45, 2.75) is 37.6 Å². The molecule has 8 nitrogen and oxygen atoms in total. The number of aromatic nitrogens is 3. The second-order valence-corrected chi connectivity index (χ2v) is 6.92. The van der Waals surface area contributed by atoms with E-state index < -0.39 is 5.54 Å². The van der Waals surface area contributed by atoms with Gasteiger partial charge in [0.1, 0.15) is 11.6 Å². The molecule has 0 aromatic carbocycles. The molecule has 2 aromatic rings. The summed E-state index contributed by atoms with van der Waals surface area (Å²) in [4.78, 5) is 24.2. The van der Waals surface area contributed by atoms with Crippen molar-refractivity contribution in [3.63, 3.8) is 0 Å². The predicted octanol–water partition coefficient (Wildman–Crippen LogP) is 1.86. The summed E-state index contributed by atoms with van der Waals surface area (Å²) >= 11 is 5.55. The highest BCUT2D eigenvalue weighted by molar-refractivity contribution is 6.27. The minimum atomic E-state index is -0.485. The van der Waals surface area contributed by atoms with Crippen LogP contribution in [-0.4, -0.2) is 44.7 Å². The number of aryl methyl sites for hydroxylation is 1. The number of halogens is 1. The number of alkyl halides is 1. The molecule has 1 aliphatic carbocycles. The van der Waals surface area contributed by atoms with E-state index in [-0.39, 0.29) is 23.4 Å². The second-order valence-electron chi connectivity index (χ2n) is 6.66. The van der Waals surface area contributed by atoms with Crippen LogP contribution in [-0.2, 0) is 11.8 Å². The van der Waals surface area contributed by atoms with E-state index in [2.05, 4.69) is 20.9 Å². The lowest BCUT2D eigenvalue weighted by Crippen LogP contribution is -2.56. The van der Waals surface area contributed by atoms with E-state index in [0.29, 0.717) is 18.0 Å². The minimum absolute atomic E-state index is 0.0965. The quantitative estimate of drug-likeness (QED) is 0.746. The monoisotopic (exact) mass is 379 g/mol. The molecule has 0 bridgehead atoms. The lowest BCUT2D eigenvalue weighted by Gasteiger charge is -2.38. The van der Waals surface area contributed by atoms with Gasteiger partial charge < -0.3 is 15.2 Å². The van der Waals surface area contributed by atoms with Crippen LogP contribution in [0.5, 0.6) is 0 Å². The Morgan fingerprint density at radius 1 is 1.35 bits per heavy atom. The van der Waals surface area contributed by atoms with Crippen LogP contribution < -0.4 is 10.6 Å². The van der Waals surface area contributed by atoms with E-state index in [0.717, 1.165) is 32.1 Å². The van der Waals surface area contributed by atoms with Gasteiger partial charge in [0.05, 0.1) is 5.54 Å². The number of hydrogen-bond donors (Lipinski definition) is 2. The summed E-state index contributed by atoms with van der Waals surface area (Å²) in [5.74, 6) is -0.229. The standard InChI is InChI=1S/C17H22ClN5O3/c1-23-8-5-12(21-23)14-9-13(22-26-14)16(25)20-17(6-3-2-4-7-17)11-19-15(24)10-18/h5,8-9H,2-4,6-7,10-11H2,1H3,(H,19,24)(H,20,25). The number of hydrogen-bond acceptors (Lipinski definition) is 5. The van der Waals surface area contributed by atoms with Gasteiger partial charge in [-0.1, -0.05) is 24.4 Å². The largest absolute Gasteiger partial charge is 0.354 e. The molecule has 2 N–H and O–H groups in total. The fourth-order valence-electron chi connectivity index (χ4n) is 3.24. The highest BCUT2D eigenvalue weighted by atomic mass is 35.5. The van der Waals surface area contributed by atoms with E-state index in [1.807, 2.05) is 0 Å². The van der Waals surface area contributed by atoms with Crippen LogP contribution in [0.15, 0.2) is 22.9 Å². The number of nitrogens with zero attached hydrogens (tertiary/aromatic N) is 3. The fraction of sp³-hybridized carbons (Fsp3) is 0.529. The van der Waals surface area contributed by atoms with Crippen LogP contribution in [0.3, 0.4) is 0 Å². The molecular weight excluding hydrogens is 358 g/mol. The molecule has 2 heterocycles. The highest BCUT2D eigenvalue weighted by Gasteiger charge is 2.35. The van der Waals surface area contributed by atoms with Crippen LogP contribution in [0.2, 0.25) is 0 Å². The Hall–Kier alpha value is -2.35. The lowest BCUT2D eigenvalue weighted by atomic mass is 9.81. The molecule has 1 fully saturated rings. The summed E-state index contributed by atoms with van der Waals surface area (Å²) in [6.45, 7) is 0.356. The Labute approximate surface area is 156 Å². The summed E-state index contributed by atoms with van der Waals surface area (Å²) in [7, 11) is 1.80. The first kappa shape index (κ1) is 18.4. The lowest BCUT2D eigenvalue weighted by molar-refractivity contribution is -0.119. The molecule has 0 radical (unpaired) electrons. The highest BCUT2D eigenvalue weighted by Crippen LogP contribution is 2.28. The zero-order chi connectivity index (χ0) is 18.6. The molecular formula is C17H22ClN5O3. The maximum absolute atomic E-state index is 12.7. The molecule has 0 aliphatic heterocycles. The Morgan fingerprint density at radius 2 is 2.12 bits per heavy atom. The van der Waals surface area contributed by atoms with Crippen LogP contribution in [0.4, 0.5) is 0 Å². The van der Waals surface area contributed by atoms with E-state index in [9.17, 15) is 9.59 Å². The maximum atomic E-state index is 12.7. The summed E-state index contributed by atoms with van der Waals surface area (Å²) in [5.41, 5.74) is 0.321. The van der Waals surface area contributed by atoms with Gasteiger partial charge in [0.2, 0.25) is 5.91 Å². The first-order valence-electron chi connectivity index (χ1n) is 8.63. The molecule has 9 heteroatoms. The number of carbonyl (C=O) groups excluding carboxylic acids is 2. The van der Waals surface area contributed by atoms with Crippen molar-refractivity contribution < 1.29 is 14.1 Å². The molecule has 1 aliphatic rings. The van der Waals surface area contributed by atoms with E-state index >= 15 is 0 Å². The molecule has 0 spiro atoms. The van der Waals surface area contributed by atoms with Crippen molar-refractivity contribution >= 4 is 23.4 Å². The van der Waals surface area contributed by atoms with Crippen LogP contribution in [0.1, 0.15) is 42.6 Å². The third-order valence-electron chi connectivity index (χ3n) is 4.64. The van der Waals surface area contributed by atoms with Crippen molar-refractivity contribution in [2.75, 3.05) is 12.4 Å². The van der Waals surface area contributed by atoms with Gasteiger partial charge >= 0.3 is 0 Å². The SMILES string of the molecule is Cn1ccc(-c2cc(C(=O)NC3(CNC(=O)CCl)CCCCC3)no2)n1. The van der Waals surface area contributed by atoms with E-state index in [1.165, 1.54) is 0 Å². The summed E-state index contributed by atoms with van der Waals surface area (Å²) < 4.78 is 6.90. The second kappa shape index (κ2) is 7.90. The molecule has 2 amide bonds. The fourth-order valence-corrected chi connectivity index (χ4v) is 3.34. The topological polar surface area (TPSA) is 102 Å². The molecule has 26 heavy (non-hydrogen) atoms. The molecule has 0 unspecified atom stereocenters. The van der Waals surface area contributed by atoms with E-state index in [1.54, 1.807) is 30.1 Å². The zero-order valence-corrected chi connectivity index (χ0v) is 15.4. The molecule has 140 valence electrons. The number of carbonyl (C=O) groups is 2. The average molecular weight is 380 g/mol. The molecule has 2 aromatic heterocycles. The summed E-state index contributed by atoms with van der Waals surface area (Å²) in [6.07, 6.45) is 6.49. The minimum Gasteiger partial charge on any atom is -0.354 e. The smallest absolute Gasteiger partial charge is 0.273 e. The molecule has 0 atom stereocenters. The number of nitrogens with one attached hydrogen (secondary N) is 2. The third-order valence-corrected chi connectivity index (χ3v) is 4.89. The number of rotatable bonds is 6. The zero-order valence-electron chi connectivity index (χ0n) is 14.6. The molecule has 3 rings (SSSR count). The van der Waals surface area contributed by atoms with Gasteiger partial charge in [-0.2, -0.15) is 5.10 Å².